The Morgan fingerprint density at radius 3 is 1.95 bits per heavy atom. The molecule has 4 rings (SSSR count). The van der Waals surface area contributed by atoms with E-state index in [9.17, 15) is 51.1 Å². The van der Waals surface area contributed by atoms with Gasteiger partial charge in [-0.1, -0.05) is 0 Å². The molecule has 17 atom stereocenters. The van der Waals surface area contributed by atoms with E-state index in [1.165, 1.54) is 13.8 Å². The van der Waals surface area contributed by atoms with Crippen molar-refractivity contribution in [2.45, 2.75) is 118 Å². The van der Waals surface area contributed by atoms with Crippen LogP contribution in [0.4, 0.5) is 0 Å². The van der Waals surface area contributed by atoms with E-state index >= 15 is 0 Å². The highest BCUT2D eigenvalue weighted by Crippen LogP contribution is 2.35. The van der Waals surface area contributed by atoms with E-state index in [1.807, 2.05) is 0 Å². The fourth-order valence-corrected chi connectivity index (χ4v) is 4.88. The molecule has 0 aromatic carbocycles. The first-order chi connectivity index (χ1) is 18.3. The van der Waals surface area contributed by atoms with E-state index in [4.69, 9.17) is 33.2 Å². The number of aliphatic hydroxyl groups excluding tert-OH is 9. The minimum Gasteiger partial charge on any atom is -0.393 e. The smallest absolute Gasteiger partial charge is 0.187 e. The maximum Gasteiger partial charge on any atom is 0.187 e. The second kappa shape index (κ2) is 12.3. The van der Waals surface area contributed by atoms with Crippen molar-refractivity contribution in [3.63, 3.8) is 0 Å². The molecule has 17 heteroatoms. The molecule has 0 saturated carbocycles. The Kier molecular flexibility index (Phi) is 9.84. The summed E-state index contributed by atoms with van der Waals surface area (Å²) in [7, 11) is 0. The number of ether oxygens (including phenoxy) is 7. The van der Waals surface area contributed by atoms with E-state index in [-0.39, 0.29) is 0 Å². The quantitative estimate of drug-likeness (QED) is 0.135. The molecular formula is C22H38O17. The molecule has 0 spiro atoms. The van der Waals surface area contributed by atoms with Crippen LogP contribution in [0.3, 0.4) is 0 Å². The maximum atomic E-state index is 11.2. The normalized spacial score (nSPS) is 55.1. The van der Waals surface area contributed by atoms with Crippen LogP contribution in [0.25, 0.3) is 0 Å². The number of aliphatic hydroxyl groups is 10. The van der Waals surface area contributed by atoms with Crippen LogP contribution >= 0.6 is 0 Å². The van der Waals surface area contributed by atoms with Crippen LogP contribution in [0.5, 0.6) is 0 Å². The van der Waals surface area contributed by atoms with Gasteiger partial charge in [0, 0.05) is 0 Å². The van der Waals surface area contributed by atoms with Crippen LogP contribution in [-0.4, -0.2) is 175 Å². The summed E-state index contributed by atoms with van der Waals surface area (Å²) in [6.45, 7) is 1.09. The maximum absolute atomic E-state index is 11.2. The van der Waals surface area contributed by atoms with Gasteiger partial charge in [0.2, 0.25) is 0 Å². The van der Waals surface area contributed by atoms with Crippen molar-refractivity contribution < 1.29 is 84.2 Å². The van der Waals surface area contributed by atoms with Gasteiger partial charge in [-0.2, -0.15) is 0 Å². The van der Waals surface area contributed by atoms with Gasteiger partial charge in [0.15, 0.2) is 25.2 Å². The molecule has 4 fully saturated rings. The Labute approximate surface area is 222 Å². The monoisotopic (exact) mass is 574 g/mol. The zero-order valence-corrected chi connectivity index (χ0v) is 21.2. The first-order valence-corrected chi connectivity index (χ1v) is 12.6. The lowest BCUT2D eigenvalue weighted by molar-refractivity contribution is -0.383. The molecule has 4 aliphatic rings. The minimum atomic E-state index is -2.07. The minimum absolute atomic E-state index is 0.392. The van der Waals surface area contributed by atoms with Crippen molar-refractivity contribution in [2.24, 2.45) is 0 Å². The van der Waals surface area contributed by atoms with Crippen LogP contribution in [-0.2, 0) is 33.2 Å². The van der Waals surface area contributed by atoms with Gasteiger partial charge in [0.25, 0.3) is 0 Å². The summed E-state index contributed by atoms with van der Waals surface area (Å²) in [4.78, 5) is 0. The van der Waals surface area contributed by atoms with Crippen LogP contribution < -0.4 is 0 Å². The fourth-order valence-electron chi connectivity index (χ4n) is 4.88. The van der Waals surface area contributed by atoms with E-state index in [2.05, 4.69) is 0 Å². The van der Waals surface area contributed by atoms with Crippen molar-refractivity contribution >= 4 is 0 Å². The molecule has 4 heterocycles. The van der Waals surface area contributed by atoms with Gasteiger partial charge in [0.1, 0.15) is 66.6 Å². The Morgan fingerprint density at radius 1 is 0.667 bits per heavy atom. The van der Waals surface area contributed by atoms with E-state index in [0.717, 1.165) is 0 Å². The number of hydrogen-bond acceptors (Lipinski definition) is 17. The third-order valence-electron chi connectivity index (χ3n) is 7.46. The Morgan fingerprint density at radius 2 is 1.31 bits per heavy atom. The summed E-state index contributed by atoms with van der Waals surface area (Å²) in [5, 5.41) is 102. The molecule has 0 aromatic heterocycles. The molecule has 0 aliphatic carbocycles. The standard InChI is InChI=1S/C22H38O17/c1-6-9(25)11(27)16(18(31)35-6)39-20-13(29)15(38-21-17(30)22(32,4-23)5-34-21)14(7(2)36-20)37-19-12(28)10(26)8(24)3-33-19/h6-21,23-32H,3-5H2,1-2H3/t6-,7-,8+,9-,10-,11+,12+,13+,14-,15-,16+,17-,18+,19-,20-,21-,22+/m0/s1. The molecule has 0 amide bonds. The molecule has 228 valence electrons. The molecule has 0 bridgehead atoms. The second-order valence-electron chi connectivity index (χ2n) is 10.4. The predicted molar refractivity (Wildman–Crippen MR) is 119 cm³/mol. The van der Waals surface area contributed by atoms with Crippen molar-refractivity contribution in [3.05, 3.63) is 0 Å². The lowest BCUT2D eigenvalue weighted by Crippen LogP contribution is -2.65. The molecule has 39 heavy (non-hydrogen) atoms. The van der Waals surface area contributed by atoms with Crippen LogP contribution in [0.15, 0.2) is 0 Å². The SMILES string of the molecule is C[C@@H]1O[C@@H](O)[C@H](O[C@@H]2O[C@@H](C)[C@H](O[C@@H]3OC[C@@H](O)[C@H](O)[C@H]3O)[C@@H](O[C@@H]3OC[C@](O)(CO)[C@H]3O)[C@H]2O)[C@H](O)[C@H]1O. The summed E-state index contributed by atoms with van der Waals surface area (Å²) >= 11 is 0. The summed E-state index contributed by atoms with van der Waals surface area (Å²) in [6, 6.07) is 0. The van der Waals surface area contributed by atoms with E-state index in [1.54, 1.807) is 0 Å². The van der Waals surface area contributed by atoms with Crippen molar-refractivity contribution in [2.75, 3.05) is 19.8 Å². The van der Waals surface area contributed by atoms with Crippen LogP contribution in [0.2, 0.25) is 0 Å². The Balaban J connectivity index is 1.55. The largest absolute Gasteiger partial charge is 0.393 e. The Bertz CT molecular complexity index is 807. The third-order valence-corrected chi connectivity index (χ3v) is 7.46. The third kappa shape index (κ3) is 6.11. The molecule has 4 aliphatic heterocycles. The Hall–Kier alpha value is -0.680. The van der Waals surface area contributed by atoms with Gasteiger partial charge in [-0.25, -0.2) is 0 Å². The van der Waals surface area contributed by atoms with Gasteiger partial charge in [0.05, 0.1) is 32.0 Å². The summed E-state index contributed by atoms with van der Waals surface area (Å²) in [6.07, 6.45) is -24.3. The molecular weight excluding hydrogens is 536 g/mol. The summed E-state index contributed by atoms with van der Waals surface area (Å²) in [5.74, 6) is 0. The molecule has 4 saturated heterocycles. The second-order valence-corrected chi connectivity index (χ2v) is 10.4. The molecule has 17 nitrogen and oxygen atoms in total. The molecule has 0 aromatic rings. The van der Waals surface area contributed by atoms with Gasteiger partial charge in [-0.15, -0.1) is 0 Å². The fraction of sp³-hybridized carbons (Fsp3) is 1.00. The summed E-state index contributed by atoms with van der Waals surface area (Å²) < 4.78 is 38.5. The van der Waals surface area contributed by atoms with Gasteiger partial charge < -0.3 is 84.2 Å². The van der Waals surface area contributed by atoms with Crippen molar-refractivity contribution in [3.8, 4) is 0 Å². The first kappa shape index (κ1) is 31.3. The highest BCUT2D eigenvalue weighted by molar-refractivity contribution is 4.98. The van der Waals surface area contributed by atoms with Gasteiger partial charge >= 0.3 is 0 Å². The van der Waals surface area contributed by atoms with Crippen molar-refractivity contribution in [1.29, 1.82) is 0 Å². The highest BCUT2D eigenvalue weighted by atomic mass is 16.8. The van der Waals surface area contributed by atoms with E-state index < -0.39 is 124 Å². The zero-order valence-electron chi connectivity index (χ0n) is 21.2. The van der Waals surface area contributed by atoms with Crippen molar-refractivity contribution in [1.82, 2.24) is 0 Å². The summed E-state index contributed by atoms with van der Waals surface area (Å²) in [5.41, 5.74) is -2.07. The molecule has 0 radical (unpaired) electrons. The average Bonchev–Trinajstić information content (AvgIpc) is 3.18. The van der Waals surface area contributed by atoms with E-state index in [0.29, 0.717) is 0 Å². The highest BCUT2D eigenvalue weighted by Gasteiger charge is 2.55. The number of hydrogen-bond donors (Lipinski definition) is 10. The first-order valence-electron chi connectivity index (χ1n) is 12.6. The zero-order chi connectivity index (χ0) is 28.8. The topological polar surface area (TPSA) is 267 Å². The molecule has 10 N–H and O–H groups in total. The number of rotatable bonds is 7. The predicted octanol–water partition coefficient (Wildman–Crippen LogP) is -6.41. The van der Waals surface area contributed by atoms with Gasteiger partial charge in [-0.3, -0.25) is 0 Å². The molecule has 0 unspecified atom stereocenters. The van der Waals surface area contributed by atoms with Crippen LogP contribution in [0.1, 0.15) is 13.8 Å². The van der Waals surface area contributed by atoms with Crippen LogP contribution in [0, 0.1) is 0 Å². The average molecular weight is 575 g/mol. The lowest BCUT2D eigenvalue weighted by atomic mass is 9.96. The van der Waals surface area contributed by atoms with Gasteiger partial charge in [-0.05, 0) is 13.8 Å². The lowest BCUT2D eigenvalue weighted by Gasteiger charge is -2.48.